The number of fused-ring (bicyclic) bond motifs is 1. The molecule has 106 valence electrons. The number of amides is 2. The molecule has 0 bridgehead atoms. The molecule has 2 amide bonds. The van der Waals surface area contributed by atoms with Crippen molar-refractivity contribution < 1.29 is 32.4 Å². The van der Waals surface area contributed by atoms with Crippen LogP contribution in [0.1, 0.15) is 33.6 Å². The third-order valence-electron chi connectivity index (χ3n) is 2.56. The zero-order valence-electron chi connectivity index (χ0n) is 9.94. The molecule has 1 aromatic carbocycles. The van der Waals surface area contributed by atoms with Crippen molar-refractivity contribution >= 4 is 17.8 Å². The number of benzene rings is 1. The van der Waals surface area contributed by atoms with Gasteiger partial charge in [0.1, 0.15) is 0 Å². The Labute approximate surface area is 110 Å². The largest absolute Gasteiger partial charge is 0.389 e. The van der Waals surface area contributed by atoms with Crippen molar-refractivity contribution in [1.82, 2.24) is 5.06 Å². The monoisotopic (exact) mass is 287 g/mol. The van der Waals surface area contributed by atoms with Crippen LogP contribution in [0.4, 0.5) is 13.2 Å². The minimum atomic E-state index is -4.51. The number of carbonyl (C=O) groups is 3. The van der Waals surface area contributed by atoms with Crippen LogP contribution in [-0.2, 0) is 9.63 Å². The second-order valence-corrected chi connectivity index (χ2v) is 4.03. The first-order chi connectivity index (χ1) is 9.29. The number of hydrogen-bond acceptors (Lipinski definition) is 4. The Morgan fingerprint density at radius 3 is 2.05 bits per heavy atom. The van der Waals surface area contributed by atoms with Crippen molar-refractivity contribution in [3.05, 3.63) is 35.4 Å². The van der Waals surface area contributed by atoms with Gasteiger partial charge in [0.25, 0.3) is 11.8 Å². The fourth-order valence-electron chi connectivity index (χ4n) is 1.64. The molecule has 8 heteroatoms. The number of nitrogens with zero attached hydrogens (tertiary/aromatic N) is 1. The van der Waals surface area contributed by atoms with Gasteiger partial charge in [-0.2, -0.15) is 13.2 Å². The van der Waals surface area contributed by atoms with Gasteiger partial charge in [0.2, 0.25) is 0 Å². The second kappa shape index (κ2) is 4.95. The molecule has 0 fully saturated rings. The van der Waals surface area contributed by atoms with Crippen molar-refractivity contribution in [3.8, 4) is 0 Å². The van der Waals surface area contributed by atoms with Gasteiger partial charge in [-0.05, 0) is 12.1 Å². The topological polar surface area (TPSA) is 63.7 Å². The zero-order valence-corrected chi connectivity index (χ0v) is 9.94. The lowest BCUT2D eigenvalue weighted by Crippen LogP contribution is -2.33. The molecule has 0 saturated carbocycles. The normalized spacial score (nSPS) is 14.4. The molecular weight excluding hydrogens is 279 g/mol. The third-order valence-corrected chi connectivity index (χ3v) is 2.56. The Balaban J connectivity index is 2.04. The number of hydrogen-bond donors (Lipinski definition) is 0. The average Bonchev–Trinajstić information content (AvgIpc) is 2.62. The van der Waals surface area contributed by atoms with Gasteiger partial charge in [-0.3, -0.25) is 9.59 Å². The Kier molecular flexibility index (Phi) is 3.47. The fraction of sp³-hybridized carbons (Fsp3) is 0.250. The van der Waals surface area contributed by atoms with Crippen molar-refractivity contribution in [2.45, 2.75) is 19.0 Å². The summed E-state index contributed by atoms with van der Waals surface area (Å²) >= 11 is 0. The molecule has 1 aliphatic rings. The number of alkyl halides is 3. The summed E-state index contributed by atoms with van der Waals surface area (Å²) in [7, 11) is 0. The lowest BCUT2D eigenvalue weighted by molar-refractivity contribution is -0.176. The smallest absolute Gasteiger partial charge is 0.330 e. The summed E-state index contributed by atoms with van der Waals surface area (Å²) < 4.78 is 35.8. The molecule has 2 rings (SSSR count). The molecule has 1 aromatic rings. The van der Waals surface area contributed by atoms with E-state index in [1.807, 2.05) is 0 Å². The zero-order chi connectivity index (χ0) is 14.9. The van der Waals surface area contributed by atoms with Gasteiger partial charge >= 0.3 is 12.1 Å². The van der Waals surface area contributed by atoms with Crippen LogP contribution in [0.15, 0.2) is 24.3 Å². The maximum absolute atomic E-state index is 11.9. The summed E-state index contributed by atoms with van der Waals surface area (Å²) in [6.45, 7) is 0. The van der Waals surface area contributed by atoms with Crippen LogP contribution in [0.2, 0.25) is 0 Å². The highest BCUT2D eigenvalue weighted by Crippen LogP contribution is 2.24. The summed E-state index contributed by atoms with van der Waals surface area (Å²) in [6.07, 6.45) is -6.85. The van der Waals surface area contributed by atoms with E-state index in [0.29, 0.717) is 0 Å². The van der Waals surface area contributed by atoms with E-state index in [9.17, 15) is 27.6 Å². The maximum Gasteiger partial charge on any atom is 0.389 e. The predicted molar refractivity (Wildman–Crippen MR) is 58.3 cm³/mol. The highest BCUT2D eigenvalue weighted by molar-refractivity contribution is 6.20. The first-order valence-corrected chi connectivity index (χ1v) is 5.55. The summed E-state index contributed by atoms with van der Waals surface area (Å²) in [5.41, 5.74) is 0.0854. The maximum atomic E-state index is 11.9. The summed E-state index contributed by atoms with van der Waals surface area (Å²) in [6, 6.07) is 5.75. The highest BCUT2D eigenvalue weighted by Gasteiger charge is 2.39. The summed E-state index contributed by atoms with van der Waals surface area (Å²) in [5, 5.41) is 0.184. The lowest BCUT2D eigenvalue weighted by atomic mass is 10.1. The van der Waals surface area contributed by atoms with Gasteiger partial charge < -0.3 is 4.84 Å². The first-order valence-electron chi connectivity index (χ1n) is 5.55. The summed E-state index contributed by atoms with van der Waals surface area (Å²) in [4.78, 5) is 39.1. The van der Waals surface area contributed by atoms with Crippen LogP contribution >= 0.6 is 0 Å². The predicted octanol–water partition coefficient (Wildman–Crippen LogP) is 2.08. The molecule has 0 saturated heterocycles. The van der Waals surface area contributed by atoms with E-state index in [4.69, 9.17) is 0 Å². The highest BCUT2D eigenvalue weighted by atomic mass is 19.4. The fourth-order valence-corrected chi connectivity index (χ4v) is 1.64. The molecule has 0 aliphatic carbocycles. The van der Waals surface area contributed by atoms with Gasteiger partial charge in [0, 0.05) is 0 Å². The molecule has 5 nitrogen and oxygen atoms in total. The Morgan fingerprint density at radius 1 is 1.10 bits per heavy atom. The number of carbonyl (C=O) groups excluding carboxylic acids is 3. The molecule has 0 N–H and O–H groups in total. The van der Waals surface area contributed by atoms with Crippen molar-refractivity contribution in [2.24, 2.45) is 0 Å². The molecule has 0 unspecified atom stereocenters. The standard InChI is InChI=1S/C12H8F3NO4/c13-12(14,15)6-5-9(17)20-16-10(18)7-3-1-2-4-8(7)11(16)19/h1-4H,5-6H2. The van der Waals surface area contributed by atoms with Gasteiger partial charge in [-0.1, -0.05) is 17.2 Å². The SMILES string of the molecule is O=C(CCC(F)(F)F)ON1C(=O)c2ccccc2C1=O. The van der Waals surface area contributed by atoms with E-state index in [1.165, 1.54) is 24.3 Å². The van der Waals surface area contributed by atoms with Crippen LogP contribution in [0.5, 0.6) is 0 Å². The Hall–Kier alpha value is -2.38. The van der Waals surface area contributed by atoms with Crippen LogP contribution in [0.25, 0.3) is 0 Å². The number of hydroxylamine groups is 2. The van der Waals surface area contributed by atoms with Crippen molar-refractivity contribution in [2.75, 3.05) is 0 Å². The molecule has 0 spiro atoms. The minimum absolute atomic E-state index is 0.0427. The lowest BCUT2D eigenvalue weighted by Gasteiger charge is -2.13. The van der Waals surface area contributed by atoms with Gasteiger partial charge in [0.05, 0.1) is 24.0 Å². The van der Waals surface area contributed by atoms with E-state index in [1.54, 1.807) is 0 Å². The Bertz CT molecular complexity index is 547. The number of rotatable bonds is 3. The van der Waals surface area contributed by atoms with E-state index in [2.05, 4.69) is 4.84 Å². The number of halogens is 3. The minimum Gasteiger partial charge on any atom is -0.330 e. The van der Waals surface area contributed by atoms with E-state index in [-0.39, 0.29) is 16.2 Å². The molecule has 0 aromatic heterocycles. The quantitative estimate of drug-likeness (QED) is 0.798. The summed E-state index contributed by atoms with van der Waals surface area (Å²) in [5.74, 6) is -3.03. The van der Waals surface area contributed by atoms with Crippen molar-refractivity contribution in [1.29, 1.82) is 0 Å². The van der Waals surface area contributed by atoms with Gasteiger partial charge in [0.15, 0.2) is 0 Å². The van der Waals surface area contributed by atoms with Crippen LogP contribution < -0.4 is 0 Å². The first kappa shape index (κ1) is 14.0. The number of imide groups is 1. The molecule has 0 atom stereocenters. The molecule has 20 heavy (non-hydrogen) atoms. The van der Waals surface area contributed by atoms with Gasteiger partial charge in [-0.15, -0.1) is 0 Å². The van der Waals surface area contributed by atoms with Crippen LogP contribution in [0, 0.1) is 0 Å². The van der Waals surface area contributed by atoms with Crippen LogP contribution in [0.3, 0.4) is 0 Å². The Morgan fingerprint density at radius 2 is 1.60 bits per heavy atom. The van der Waals surface area contributed by atoms with Gasteiger partial charge in [-0.25, -0.2) is 4.79 Å². The van der Waals surface area contributed by atoms with Crippen molar-refractivity contribution in [3.63, 3.8) is 0 Å². The van der Waals surface area contributed by atoms with E-state index < -0.39 is 36.8 Å². The third kappa shape index (κ3) is 2.79. The molecular formula is C12H8F3NO4. The average molecular weight is 287 g/mol. The van der Waals surface area contributed by atoms with E-state index in [0.717, 1.165) is 0 Å². The molecule has 0 radical (unpaired) electrons. The van der Waals surface area contributed by atoms with Crippen LogP contribution in [-0.4, -0.2) is 29.0 Å². The molecule has 1 aliphatic heterocycles. The van der Waals surface area contributed by atoms with E-state index >= 15 is 0 Å². The molecule has 1 heterocycles. The second-order valence-electron chi connectivity index (χ2n) is 4.03.